The molecule has 0 spiro atoms. The number of hydrogen-bond donors (Lipinski definition) is 1. The molecule has 4 heteroatoms. The number of nitrogens with one attached hydrogen (secondary N) is 1. The molecule has 0 fully saturated rings. The highest BCUT2D eigenvalue weighted by molar-refractivity contribution is 9.10. The van der Waals surface area contributed by atoms with Gasteiger partial charge >= 0.3 is 0 Å². The van der Waals surface area contributed by atoms with Gasteiger partial charge in [0.2, 0.25) is 0 Å². The third-order valence-corrected chi connectivity index (χ3v) is 4.35. The zero-order chi connectivity index (χ0) is 12.3. The van der Waals surface area contributed by atoms with Gasteiger partial charge in [-0.2, -0.15) is 0 Å². The van der Waals surface area contributed by atoms with Crippen molar-refractivity contribution in [2.24, 2.45) is 0 Å². The summed E-state index contributed by atoms with van der Waals surface area (Å²) in [7, 11) is 0. The Balaban J connectivity index is 2.35. The molecule has 1 N–H and O–H groups in total. The third-order valence-electron chi connectivity index (χ3n) is 2.62. The first kappa shape index (κ1) is 12.7. The van der Waals surface area contributed by atoms with Crippen molar-refractivity contribution in [3.63, 3.8) is 0 Å². The van der Waals surface area contributed by atoms with E-state index in [1.165, 1.54) is 11.1 Å². The molecule has 0 aliphatic heterocycles. The minimum atomic E-state index is 0.201. The van der Waals surface area contributed by atoms with Gasteiger partial charge in [0, 0.05) is 16.0 Å². The molecular weight excluding hydrogens is 296 g/mol. The molecule has 0 amide bonds. The van der Waals surface area contributed by atoms with E-state index in [0.717, 1.165) is 16.0 Å². The van der Waals surface area contributed by atoms with E-state index in [9.17, 15) is 0 Å². The van der Waals surface area contributed by atoms with Crippen LogP contribution in [0.2, 0.25) is 0 Å². The molecule has 17 heavy (non-hydrogen) atoms. The Bertz CT molecular complexity index is 482. The molecule has 0 saturated heterocycles. The summed E-state index contributed by atoms with van der Waals surface area (Å²) in [6, 6.07) is 6.65. The van der Waals surface area contributed by atoms with Crippen molar-refractivity contribution in [2.45, 2.75) is 19.9 Å². The molecule has 2 nitrogen and oxygen atoms in total. The Kier molecular flexibility index (Phi) is 4.31. The highest BCUT2D eigenvalue weighted by Gasteiger charge is 2.15. The van der Waals surface area contributed by atoms with E-state index in [1.807, 2.05) is 11.6 Å². The molecule has 90 valence electrons. The number of aryl methyl sites for hydroxylation is 1. The third kappa shape index (κ3) is 2.94. The summed E-state index contributed by atoms with van der Waals surface area (Å²) in [6.07, 6.45) is 1.86. The zero-order valence-electron chi connectivity index (χ0n) is 9.90. The van der Waals surface area contributed by atoms with Gasteiger partial charge in [0.1, 0.15) is 5.01 Å². The molecule has 0 bridgehead atoms. The van der Waals surface area contributed by atoms with Crippen molar-refractivity contribution in [3.05, 3.63) is 50.4 Å². The van der Waals surface area contributed by atoms with Gasteiger partial charge in [-0.15, -0.1) is 11.3 Å². The van der Waals surface area contributed by atoms with Crippen LogP contribution in [0.3, 0.4) is 0 Å². The maximum atomic E-state index is 4.41. The summed E-state index contributed by atoms with van der Waals surface area (Å²) in [5.74, 6) is 0. The lowest BCUT2D eigenvalue weighted by atomic mass is 10.0. The Morgan fingerprint density at radius 1 is 1.47 bits per heavy atom. The summed E-state index contributed by atoms with van der Waals surface area (Å²) in [5.41, 5.74) is 2.52. The van der Waals surface area contributed by atoms with E-state index >= 15 is 0 Å². The SMILES string of the molecule is CCNC(c1ccc(Br)c(C)c1)c1nccs1. The van der Waals surface area contributed by atoms with Crippen LogP contribution in [0.5, 0.6) is 0 Å². The standard InChI is InChI=1S/C13H15BrN2S/c1-3-15-12(13-16-6-7-17-13)10-4-5-11(14)9(2)8-10/h4-8,12,15H,3H2,1-2H3. The average molecular weight is 311 g/mol. The predicted octanol–water partition coefficient (Wildman–Crippen LogP) is 3.91. The number of aromatic nitrogens is 1. The van der Waals surface area contributed by atoms with Gasteiger partial charge in [0.15, 0.2) is 0 Å². The fraction of sp³-hybridized carbons (Fsp3) is 0.308. The van der Waals surface area contributed by atoms with Crippen molar-refractivity contribution in [1.82, 2.24) is 10.3 Å². The first-order valence-corrected chi connectivity index (χ1v) is 7.28. The van der Waals surface area contributed by atoms with Crippen LogP contribution in [0.15, 0.2) is 34.2 Å². The Morgan fingerprint density at radius 2 is 2.29 bits per heavy atom. The van der Waals surface area contributed by atoms with Gasteiger partial charge in [0.05, 0.1) is 6.04 Å². The zero-order valence-corrected chi connectivity index (χ0v) is 12.3. The van der Waals surface area contributed by atoms with Crippen molar-refractivity contribution in [2.75, 3.05) is 6.54 Å². The molecule has 2 aromatic rings. The highest BCUT2D eigenvalue weighted by Crippen LogP contribution is 2.27. The lowest BCUT2D eigenvalue weighted by molar-refractivity contribution is 0.626. The minimum Gasteiger partial charge on any atom is -0.305 e. The first-order valence-electron chi connectivity index (χ1n) is 5.61. The normalized spacial score (nSPS) is 12.6. The highest BCUT2D eigenvalue weighted by atomic mass is 79.9. The molecule has 0 aliphatic carbocycles. The molecule has 1 unspecified atom stereocenters. The first-order chi connectivity index (χ1) is 8.22. The molecule has 1 aromatic carbocycles. The van der Waals surface area contributed by atoms with E-state index in [0.29, 0.717) is 0 Å². The van der Waals surface area contributed by atoms with E-state index < -0.39 is 0 Å². The summed E-state index contributed by atoms with van der Waals surface area (Å²) >= 11 is 5.22. The Hall–Kier alpha value is -0.710. The van der Waals surface area contributed by atoms with E-state index in [2.05, 4.69) is 58.3 Å². The lowest BCUT2D eigenvalue weighted by Gasteiger charge is -2.16. The van der Waals surface area contributed by atoms with Crippen molar-refractivity contribution < 1.29 is 0 Å². The maximum Gasteiger partial charge on any atom is 0.114 e. The number of nitrogens with zero attached hydrogens (tertiary/aromatic N) is 1. The molecule has 1 atom stereocenters. The average Bonchev–Trinajstić information content (AvgIpc) is 2.83. The van der Waals surface area contributed by atoms with Crippen LogP contribution in [-0.4, -0.2) is 11.5 Å². The van der Waals surface area contributed by atoms with Crippen LogP contribution < -0.4 is 5.32 Å². The minimum absolute atomic E-state index is 0.201. The second-order valence-corrected chi connectivity index (χ2v) is 5.65. The van der Waals surface area contributed by atoms with Crippen molar-refractivity contribution in [3.8, 4) is 0 Å². The Labute approximate surface area is 114 Å². The van der Waals surface area contributed by atoms with Gasteiger partial charge in [0.25, 0.3) is 0 Å². The van der Waals surface area contributed by atoms with E-state index in [4.69, 9.17) is 0 Å². The van der Waals surface area contributed by atoms with Gasteiger partial charge in [-0.3, -0.25) is 0 Å². The quantitative estimate of drug-likeness (QED) is 0.926. The summed E-state index contributed by atoms with van der Waals surface area (Å²) < 4.78 is 1.15. The second-order valence-electron chi connectivity index (χ2n) is 3.87. The molecule has 0 saturated carbocycles. The molecule has 0 radical (unpaired) electrons. The van der Waals surface area contributed by atoms with Crippen LogP contribution in [0.25, 0.3) is 0 Å². The van der Waals surface area contributed by atoms with E-state index in [-0.39, 0.29) is 6.04 Å². The smallest absolute Gasteiger partial charge is 0.114 e. The number of benzene rings is 1. The fourth-order valence-corrected chi connectivity index (χ4v) is 2.76. The van der Waals surface area contributed by atoms with E-state index in [1.54, 1.807) is 11.3 Å². The van der Waals surface area contributed by atoms with Crippen LogP contribution in [0.4, 0.5) is 0 Å². The van der Waals surface area contributed by atoms with Crippen molar-refractivity contribution in [1.29, 1.82) is 0 Å². The van der Waals surface area contributed by atoms with Crippen LogP contribution in [0, 0.1) is 6.92 Å². The van der Waals surface area contributed by atoms with Gasteiger partial charge < -0.3 is 5.32 Å². The van der Waals surface area contributed by atoms with Gasteiger partial charge in [-0.25, -0.2) is 4.98 Å². The summed E-state index contributed by atoms with van der Waals surface area (Å²) in [5, 5.41) is 6.62. The topological polar surface area (TPSA) is 24.9 Å². The van der Waals surface area contributed by atoms with Crippen LogP contribution in [0.1, 0.15) is 29.1 Å². The van der Waals surface area contributed by atoms with Crippen LogP contribution in [-0.2, 0) is 0 Å². The number of halogens is 1. The molecule has 1 heterocycles. The summed E-state index contributed by atoms with van der Waals surface area (Å²) in [6.45, 7) is 5.16. The number of rotatable bonds is 4. The van der Waals surface area contributed by atoms with Crippen molar-refractivity contribution >= 4 is 27.3 Å². The number of hydrogen-bond acceptors (Lipinski definition) is 3. The molecule has 2 rings (SSSR count). The number of thiazole rings is 1. The predicted molar refractivity (Wildman–Crippen MR) is 76.5 cm³/mol. The fourth-order valence-electron chi connectivity index (χ4n) is 1.78. The lowest BCUT2D eigenvalue weighted by Crippen LogP contribution is -2.21. The molecule has 0 aliphatic rings. The molecule has 1 aromatic heterocycles. The summed E-state index contributed by atoms with van der Waals surface area (Å²) in [4.78, 5) is 4.41. The molecular formula is C13H15BrN2S. The monoisotopic (exact) mass is 310 g/mol. The largest absolute Gasteiger partial charge is 0.305 e. The maximum absolute atomic E-state index is 4.41. The van der Waals surface area contributed by atoms with Crippen LogP contribution >= 0.6 is 27.3 Å². The Morgan fingerprint density at radius 3 is 2.88 bits per heavy atom. The second kappa shape index (κ2) is 5.76. The van der Waals surface area contributed by atoms with Gasteiger partial charge in [-0.05, 0) is 30.7 Å². The van der Waals surface area contributed by atoms with Gasteiger partial charge in [-0.1, -0.05) is 35.0 Å².